The Morgan fingerprint density at radius 3 is 1.90 bits per heavy atom. The molecule has 1 rings (SSSR count). The van der Waals surface area contributed by atoms with Crippen LogP contribution in [0.1, 0.15) is 125 Å². The number of Topliss-reactive ketones (excluding diaryl/α,β-unsaturated/α-hetero) is 1. The van der Waals surface area contributed by atoms with Crippen LogP contribution >= 0.6 is 0 Å². The van der Waals surface area contributed by atoms with Gasteiger partial charge in [-0.2, -0.15) is 0 Å². The third-order valence-electron chi connectivity index (χ3n) is 5.82. The minimum Gasteiger partial charge on any atom is -0.429 e. The molecule has 0 aromatic rings. The molecule has 0 aromatic carbocycles. The zero-order chi connectivity index (χ0) is 22.4. The summed E-state index contributed by atoms with van der Waals surface area (Å²) in [6.45, 7) is 9.34. The molecule has 0 spiro atoms. The monoisotopic (exact) mass is 425 g/mol. The lowest BCUT2D eigenvalue weighted by Gasteiger charge is -2.35. The average Bonchev–Trinajstić information content (AvgIpc) is 2.63. The standard InChI is InChI=1S/C25H47NO4/c1-20(27)16-14-12-10-8-6-7-9-11-13-15-17-22-18-19-23(21(2)26-22)29-24(28)30-25(3,4)5/h21-23,26H,6-19H2,1-5H3/t21-,22?,23-/m1/s1. The normalized spacial score (nSPS) is 22.0. The van der Waals surface area contributed by atoms with Gasteiger partial charge in [0.05, 0.1) is 0 Å². The fourth-order valence-corrected chi connectivity index (χ4v) is 4.14. The van der Waals surface area contributed by atoms with Gasteiger partial charge in [0.15, 0.2) is 0 Å². The maximum absolute atomic E-state index is 11.9. The van der Waals surface area contributed by atoms with E-state index in [1.54, 1.807) is 6.92 Å². The summed E-state index contributed by atoms with van der Waals surface area (Å²) in [6.07, 6.45) is 16.1. The molecule has 176 valence electrons. The summed E-state index contributed by atoms with van der Waals surface area (Å²) in [5, 5.41) is 3.62. The Balaban J connectivity index is 1.98. The van der Waals surface area contributed by atoms with E-state index in [2.05, 4.69) is 12.2 Å². The predicted molar refractivity (Wildman–Crippen MR) is 123 cm³/mol. The molecule has 5 nitrogen and oxygen atoms in total. The van der Waals surface area contributed by atoms with Gasteiger partial charge in [-0.05, 0) is 60.3 Å². The van der Waals surface area contributed by atoms with Crippen molar-refractivity contribution < 1.29 is 19.1 Å². The molecule has 0 amide bonds. The van der Waals surface area contributed by atoms with Gasteiger partial charge in [-0.15, -0.1) is 0 Å². The first-order chi connectivity index (χ1) is 14.2. The van der Waals surface area contributed by atoms with Crippen LogP contribution in [0.25, 0.3) is 0 Å². The van der Waals surface area contributed by atoms with Crippen molar-refractivity contribution in [3.05, 3.63) is 0 Å². The van der Waals surface area contributed by atoms with Crippen molar-refractivity contribution in [3.63, 3.8) is 0 Å². The Kier molecular flexibility index (Phi) is 13.3. The van der Waals surface area contributed by atoms with Crippen molar-refractivity contribution in [2.24, 2.45) is 0 Å². The molecule has 1 unspecified atom stereocenters. The molecule has 3 atom stereocenters. The molecule has 1 fully saturated rings. The average molecular weight is 426 g/mol. The smallest absolute Gasteiger partial charge is 0.429 e. The van der Waals surface area contributed by atoms with Crippen LogP contribution in [0.5, 0.6) is 0 Å². The zero-order valence-electron chi connectivity index (χ0n) is 20.3. The minimum absolute atomic E-state index is 0.0986. The predicted octanol–water partition coefficient (Wildman–Crippen LogP) is 6.72. The van der Waals surface area contributed by atoms with Crippen LogP contribution in [0.3, 0.4) is 0 Å². The third-order valence-corrected chi connectivity index (χ3v) is 5.82. The summed E-state index contributed by atoms with van der Waals surface area (Å²) in [5.41, 5.74) is -0.513. The summed E-state index contributed by atoms with van der Waals surface area (Å²) < 4.78 is 10.8. The van der Waals surface area contributed by atoms with Crippen LogP contribution in [0.4, 0.5) is 4.79 Å². The highest BCUT2D eigenvalue weighted by molar-refractivity contribution is 5.75. The van der Waals surface area contributed by atoms with E-state index >= 15 is 0 Å². The van der Waals surface area contributed by atoms with E-state index in [9.17, 15) is 9.59 Å². The summed E-state index contributed by atoms with van der Waals surface area (Å²) in [5.74, 6) is 0.321. The molecule has 0 aromatic heterocycles. The second-order valence-corrected chi connectivity index (χ2v) is 10.1. The summed E-state index contributed by atoms with van der Waals surface area (Å²) in [6, 6.07) is 0.709. The molecule has 0 aliphatic carbocycles. The highest BCUT2D eigenvalue weighted by Gasteiger charge is 2.30. The van der Waals surface area contributed by atoms with Gasteiger partial charge < -0.3 is 19.6 Å². The third kappa shape index (κ3) is 14.0. The molecule has 0 bridgehead atoms. The number of rotatable bonds is 14. The van der Waals surface area contributed by atoms with E-state index in [1.165, 1.54) is 64.2 Å². The molecular weight excluding hydrogens is 378 g/mol. The van der Waals surface area contributed by atoms with Gasteiger partial charge in [0.25, 0.3) is 0 Å². The number of unbranched alkanes of at least 4 members (excludes halogenated alkanes) is 9. The highest BCUT2D eigenvalue weighted by Crippen LogP contribution is 2.22. The molecule has 1 saturated heterocycles. The lowest BCUT2D eigenvalue weighted by molar-refractivity contribution is -0.117. The number of ether oxygens (including phenoxy) is 2. The Bertz CT molecular complexity index is 486. The molecule has 1 N–H and O–H groups in total. The first-order valence-corrected chi connectivity index (χ1v) is 12.3. The Labute approximate surface area is 185 Å². The largest absolute Gasteiger partial charge is 0.509 e. The van der Waals surface area contributed by atoms with E-state index in [0.29, 0.717) is 11.8 Å². The first kappa shape index (κ1) is 26.9. The summed E-state index contributed by atoms with van der Waals surface area (Å²) >= 11 is 0. The van der Waals surface area contributed by atoms with Gasteiger partial charge in [0.2, 0.25) is 0 Å². The molecule has 5 heteroatoms. The lowest BCUT2D eigenvalue weighted by Crippen LogP contribution is -2.50. The minimum atomic E-state index is -0.560. The van der Waals surface area contributed by atoms with Crippen LogP contribution in [-0.4, -0.2) is 35.7 Å². The van der Waals surface area contributed by atoms with Crippen LogP contribution in [0.15, 0.2) is 0 Å². The van der Waals surface area contributed by atoms with Gasteiger partial charge in [-0.1, -0.05) is 57.8 Å². The Morgan fingerprint density at radius 1 is 0.867 bits per heavy atom. The Hall–Kier alpha value is -1.10. The summed E-state index contributed by atoms with van der Waals surface area (Å²) in [4.78, 5) is 22.8. The molecule has 1 heterocycles. The number of hydrogen-bond donors (Lipinski definition) is 1. The van der Waals surface area contributed by atoms with E-state index < -0.39 is 11.8 Å². The highest BCUT2D eigenvalue weighted by atomic mass is 16.7. The number of carbonyl (C=O) groups excluding carboxylic acids is 2. The van der Waals surface area contributed by atoms with Gasteiger partial charge in [-0.25, -0.2) is 4.79 Å². The number of carbonyl (C=O) groups is 2. The molecule has 1 aliphatic rings. The molecule has 0 saturated carbocycles. The number of nitrogens with one attached hydrogen (secondary N) is 1. The quantitative estimate of drug-likeness (QED) is 0.247. The van der Waals surface area contributed by atoms with E-state index in [0.717, 1.165) is 25.7 Å². The summed E-state index contributed by atoms with van der Waals surface area (Å²) in [7, 11) is 0. The topological polar surface area (TPSA) is 64.6 Å². The van der Waals surface area contributed by atoms with Crippen LogP contribution < -0.4 is 5.32 Å². The van der Waals surface area contributed by atoms with Crippen LogP contribution in [0, 0.1) is 0 Å². The second kappa shape index (κ2) is 14.8. The molecule has 0 radical (unpaired) electrons. The van der Waals surface area contributed by atoms with Crippen molar-refractivity contribution >= 4 is 11.9 Å². The van der Waals surface area contributed by atoms with Crippen molar-refractivity contribution in [1.29, 1.82) is 0 Å². The Morgan fingerprint density at radius 2 is 1.40 bits per heavy atom. The fourth-order valence-electron chi connectivity index (χ4n) is 4.14. The second-order valence-electron chi connectivity index (χ2n) is 10.1. The maximum atomic E-state index is 11.9. The van der Waals surface area contributed by atoms with Crippen molar-refractivity contribution in [3.8, 4) is 0 Å². The van der Waals surface area contributed by atoms with Crippen LogP contribution in [0.2, 0.25) is 0 Å². The van der Waals surface area contributed by atoms with E-state index in [-0.39, 0.29) is 12.1 Å². The van der Waals surface area contributed by atoms with E-state index in [4.69, 9.17) is 9.47 Å². The number of piperidine rings is 1. The van der Waals surface area contributed by atoms with Gasteiger partial charge in [0, 0.05) is 18.5 Å². The number of ketones is 1. The number of hydrogen-bond acceptors (Lipinski definition) is 5. The van der Waals surface area contributed by atoms with Crippen molar-refractivity contribution in [2.75, 3.05) is 0 Å². The van der Waals surface area contributed by atoms with Crippen molar-refractivity contribution in [1.82, 2.24) is 5.32 Å². The molecule has 1 aliphatic heterocycles. The molecular formula is C25H47NO4. The van der Waals surface area contributed by atoms with E-state index in [1.807, 2.05) is 20.8 Å². The van der Waals surface area contributed by atoms with Crippen molar-refractivity contribution in [2.45, 2.75) is 148 Å². The fraction of sp³-hybridized carbons (Fsp3) is 0.920. The maximum Gasteiger partial charge on any atom is 0.509 e. The SMILES string of the molecule is CC(=O)CCCCCCCCCCCCC1CC[C@@H](OC(=O)OC(C)(C)C)[C@@H](C)N1. The molecule has 30 heavy (non-hydrogen) atoms. The van der Waals surface area contributed by atoms with Crippen LogP contribution in [-0.2, 0) is 14.3 Å². The van der Waals surface area contributed by atoms with Gasteiger partial charge in [-0.3, -0.25) is 0 Å². The zero-order valence-corrected chi connectivity index (χ0v) is 20.3. The first-order valence-electron chi connectivity index (χ1n) is 12.3. The van der Waals surface area contributed by atoms with Gasteiger partial charge >= 0.3 is 6.16 Å². The lowest BCUT2D eigenvalue weighted by atomic mass is 9.93. The van der Waals surface area contributed by atoms with Gasteiger partial charge in [0.1, 0.15) is 17.5 Å².